The number of hydrogen-bond acceptors (Lipinski definition) is 3. The molecule has 0 bridgehead atoms. The van der Waals surface area contributed by atoms with Gasteiger partial charge in [-0.05, 0) is 31.2 Å². The Balaban J connectivity index is 1.77. The molecular formula is C18H22N3O2+. The molecule has 23 heavy (non-hydrogen) atoms. The van der Waals surface area contributed by atoms with Gasteiger partial charge < -0.3 is 9.84 Å². The van der Waals surface area contributed by atoms with Crippen LogP contribution in [0.1, 0.15) is 6.92 Å². The van der Waals surface area contributed by atoms with E-state index in [0.29, 0.717) is 12.5 Å². The predicted octanol–water partition coefficient (Wildman–Crippen LogP) is 1.97. The van der Waals surface area contributed by atoms with E-state index in [-0.39, 0.29) is 6.61 Å². The summed E-state index contributed by atoms with van der Waals surface area (Å²) in [7, 11) is 0. The summed E-state index contributed by atoms with van der Waals surface area (Å²) < 4.78 is 9.60. The molecule has 0 saturated heterocycles. The van der Waals surface area contributed by atoms with Crippen LogP contribution in [0.25, 0.3) is 11.0 Å². The van der Waals surface area contributed by atoms with Crippen molar-refractivity contribution in [3.05, 3.63) is 54.6 Å². The fourth-order valence-corrected chi connectivity index (χ4v) is 2.81. The van der Waals surface area contributed by atoms with E-state index in [2.05, 4.69) is 6.92 Å². The van der Waals surface area contributed by atoms with Gasteiger partial charge in [0, 0.05) is 0 Å². The number of benzene rings is 2. The van der Waals surface area contributed by atoms with Crippen LogP contribution in [-0.2, 0) is 13.1 Å². The third-order valence-electron chi connectivity index (χ3n) is 3.91. The summed E-state index contributed by atoms with van der Waals surface area (Å²) in [5.41, 5.74) is 8.35. The maximum atomic E-state index is 10.3. The van der Waals surface area contributed by atoms with Crippen molar-refractivity contribution >= 4 is 17.0 Å². The second-order valence-electron chi connectivity index (χ2n) is 5.48. The van der Waals surface area contributed by atoms with Gasteiger partial charge in [-0.2, -0.15) is 0 Å². The number of rotatable bonds is 6. The Morgan fingerprint density at radius 3 is 2.57 bits per heavy atom. The fourth-order valence-electron chi connectivity index (χ4n) is 2.81. The van der Waals surface area contributed by atoms with Gasteiger partial charge in [0.05, 0.1) is 6.54 Å². The molecule has 3 N–H and O–H groups in total. The van der Waals surface area contributed by atoms with Crippen molar-refractivity contribution in [1.29, 1.82) is 0 Å². The highest BCUT2D eigenvalue weighted by molar-refractivity contribution is 5.73. The monoisotopic (exact) mass is 312 g/mol. The minimum Gasteiger partial charge on any atom is -0.491 e. The smallest absolute Gasteiger partial charge is 0.356 e. The van der Waals surface area contributed by atoms with Crippen molar-refractivity contribution < 1.29 is 14.4 Å². The molecule has 3 rings (SSSR count). The Morgan fingerprint density at radius 1 is 1.13 bits per heavy atom. The van der Waals surface area contributed by atoms with Gasteiger partial charge in [-0.3, -0.25) is 5.73 Å². The lowest BCUT2D eigenvalue weighted by Crippen LogP contribution is -2.43. The number of aromatic nitrogens is 2. The molecule has 0 radical (unpaired) electrons. The van der Waals surface area contributed by atoms with E-state index in [1.54, 1.807) is 0 Å². The van der Waals surface area contributed by atoms with Crippen LogP contribution in [0.5, 0.6) is 5.75 Å². The van der Waals surface area contributed by atoms with Crippen molar-refractivity contribution in [2.75, 3.05) is 12.3 Å². The molecule has 0 spiro atoms. The Kier molecular flexibility index (Phi) is 4.48. The van der Waals surface area contributed by atoms with E-state index < -0.39 is 6.10 Å². The molecule has 5 nitrogen and oxygen atoms in total. The standard InChI is InChI=1S/C18H21N3O2/c1-2-20-16-10-6-7-11-17(16)21(18(20)19)12-14(22)13-23-15-8-4-3-5-9-15/h3-11,14,19,22H,2,12-13H2,1H3/p+1/t14-/m1/s1. The van der Waals surface area contributed by atoms with Crippen molar-refractivity contribution in [2.24, 2.45) is 0 Å². The van der Waals surface area contributed by atoms with Crippen molar-refractivity contribution in [3.63, 3.8) is 0 Å². The van der Waals surface area contributed by atoms with Gasteiger partial charge in [-0.25, -0.2) is 9.13 Å². The van der Waals surface area contributed by atoms with Gasteiger partial charge in [0.2, 0.25) is 0 Å². The highest BCUT2D eigenvalue weighted by atomic mass is 16.5. The molecule has 5 heteroatoms. The molecule has 0 fully saturated rings. The van der Waals surface area contributed by atoms with Crippen LogP contribution in [0, 0.1) is 0 Å². The molecule has 1 aromatic heterocycles. The molecular weight excluding hydrogens is 290 g/mol. The summed E-state index contributed by atoms with van der Waals surface area (Å²) in [6.07, 6.45) is -0.640. The van der Waals surface area contributed by atoms with Crippen LogP contribution in [0.15, 0.2) is 54.6 Å². The molecule has 0 aliphatic heterocycles. The number of aliphatic hydroxyl groups is 1. The highest BCUT2D eigenvalue weighted by Crippen LogP contribution is 2.16. The van der Waals surface area contributed by atoms with Gasteiger partial charge in [0.15, 0.2) is 0 Å². The molecule has 120 valence electrons. The number of nitrogens with two attached hydrogens (primary N) is 1. The van der Waals surface area contributed by atoms with Crippen LogP contribution in [0.3, 0.4) is 0 Å². The number of fused-ring (bicyclic) bond motifs is 1. The third kappa shape index (κ3) is 3.14. The zero-order valence-electron chi connectivity index (χ0n) is 13.2. The summed E-state index contributed by atoms with van der Waals surface area (Å²) >= 11 is 0. The van der Waals surface area contributed by atoms with E-state index in [0.717, 1.165) is 23.3 Å². The number of anilines is 1. The zero-order chi connectivity index (χ0) is 16.2. The number of nitrogen functional groups attached to an aromatic ring is 1. The number of hydrogen-bond donors (Lipinski definition) is 2. The summed E-state index contributed by atoms with van der Waals surface area (Å²) in [6, 6.07) is 17.5. The molecule has 0 aliphatic rings. The van der Waals surface area contributed by atoms with E-state index in [4.69, 9.17) is 10.5 Å². The van der Waals surface area contributed by atoms with Crippen molar-refractivity contribution in [3.8, 4) is 5.75 Å². The summed E-state index contributed by atoms with van der Waals surface area (Å²) in [6.45, 7) is 3.46. The van der Waals surface area contributed by atoms with E-state index in [1.165, 1.54) is 0 Å². The molecule has 1 heterocycles. The number of nitrogens with zero attached hydrogens (tertiary/aromatic N) is 2. The van der Waals surface area contributed by atoms with Gasteiger partial charge in [0.25, 0.3) is 0 Å². The number of aliphatic hydroxyl groups excluding tert-OH is 1. The molecule has 0 amide bonds. The molecule has 2 aromatic carbocycles. The second kappa shape index (κ2) is 6.71. The lowest BCUT2D eigenvalue weighted by Gasteiger charge is -2.12. The van der Waals surface area contributed by atoms with E-state index in [1.807, 2.05) is 63.7 Å². The van der Waals surface area contributed by atoms with Gasteiger partial charge in [-0.15, -0.1) is 0 Å². The first-order valence-electron chi connectivity index (χ1n) is 7.83. The summed E-state index contributed by atoms with van der Waals surface area (Å²) in [5.74, 6) is 1.40. The SMILES string of the molecule is CCn1c(N)[n+](C[C@@H](O)COc2ccccc2)c2ccccc21. The third-order valence-corrected chi connectivity index (χ3v) is 3.91. The van der Waals surface area contributed by atoms with Gasteiger partial charge >= 0.3 is 5.95 Å². The Labute approximate surface area is 135 Å². The average molecular weight is 312 g/mol. The van der Waals surface area contributed by atoms with Gasteiger partial charge in [0.1, 0.15) is 36.0 Å². The maximum absolute atomic E-state index is 10.3. The Hall–Kier alpha value is -2.53. The minimum atomic E-state index is -0.640. The lowest BCUT2D eigenvalue weighted by molar-refractivity contribution is -0.665. The maximum Gasteiger partial charge on any atom is 0.356 e. The minimum absolute atomic E-state index is 0.224. The first-order chi connectivity index (χ1) is 11.2. The number of aryl methyl sites for hydroxylation is 1. The molecule has 0 saturated carbocycles. The number of para-hydroxylation sites is 3. The van der Waals surface area contributed by atoms with Crippen LogP contribution in [-0.4, -0.2) is 22.4 Å². The zero-order valence-corrected chi connectivity index (χ0v) is 13.2. The first kappa shape index (κ1) is 15.4. The summed E-state index contributed by atoms with van der Waals surface area (Å²) in [5, 5.41) is 10.3. The largest absolute Gasteiger partial charge is 0.491 e. The second-order valence-corrected chi connectivity index (χ2v) is 5.48. The molecule has 3 aromatic rings. The molecule has 0 aliphatic carbocycles. The van der Waals surface area contributed by atoms with E-state index in [9.17, 15) is 5.11 Å². The Morgan fingerprint density at radius 2 is 1.83 bits per heavy atom. The topological polar surface area (TPSA) is 64.3 Å². The fraction of sp³-hybridized carbons (Fsp3) is 0.278. The van der Waals surface area contributed by atoms with Crippen LogP contribution >= 0.6 is 0 Å². The average Bonchev–Trinajstić information content (AvgIpc) is 2.85. The molecule has 0 unspecified atom stereocenters. The number of imidazole rings is 1. The van der Waals surface area contributed by atoms with Gasteiger partial charge in [-0.1, -0.05) is 30.3 Å². The lowest BCUT2D eigenvalue weighted by atomic mass is 10.3. The first-order valence-corrected chi connectivity index (χ1v) is 7.83. The van der Waals surface area contributed by atoms with Crippen LogP contribution in [0.4, 0.5) is 5.95 Å². The Bertz CT molecular complexity index is 784. The molecule has 1 atom stereocenters. The number of ether oxygens (including phenoxy) is 1. The van der Waals surface area contributed by atoms with Crippen molar-refractivity contribution in [1.82, 2.24) is 4.57 Å². The summed E-state index contributed by atoms with van der Waals surface area (Å²) in [4.78, 5) is 0. The highest BCUT2D eigenvalue weighted by Gasteiger charge is 2.21. The van der Waals surface area contributed by atoms with Crippen molar-refractivity contribution in [2.45, 2.75) is 26.1 Å². The van der Waals surface area contributed by atoms with E-state index >= 15 is 0 Å². The normalized spacial score (nSPS) is 12.4. The van der Waals surface area contributed by atoms with Crippen LogP contribution in [0.2, 0.25) is 0 Å². The predicted molar refractivity (Wildman–Crippen MR) is 90.2 cm³/mol. The quantitative estimate of drug-likeness (QED) is 0.684. The van der Waals surface area contributed by atoms with Crippen LogP contribution < -0.4 is 15.0 Å².